The maximum atomic E-state index is 12.6. The molecular weight excluding hydrogens is 258 g/mol. The lowest BCUT2D eigenvalue weighted by atomic mass is 9.98. The number of likely N-dealkylation sites (tertiary alicyclic amines) is 1. The van der Waals surface area contributed by atoms with E-state index in [2.05, 4.69) is 4.90 Å². The molecule has 3 aliphatic heterocycles. The number of carbonyl (C=O) groups excluding carboxylic acids is 1. The lowest BCUT2D eigenvalue weighted by Gasteiger charge is -2.41. The van der Waals surface area contributed by atoms with E-state index in [4.69, 9.17) is 5.11 Å². The van der Waals surface area contributed by atoms with Gasteiger partial charge in [0.1, 0.15) is 0 Å². The largest absolute Gasteiger partial charge is 0.481 e. The van der Waals surface area contributed by atoms with Crippen LogP contribution in [-0.2, 0) is 4.79 Å². The van der Waals surface area contributed by atoms with Gasteiger partial charge in [-0.2, -0.15) is 0 Å². The molecule has 3 saturated heterocycles. The third-order valence-electron chi connectivity index (χ3n) is 4.90. The number of carbonyl (C=O) groups is 2. The van der Waals surface area contributed by atoms with E-state index in [9.17, 15) is 9.59 Å². The average molecular weight is 281 g/mol. The molecule has 0 aromatic carbocycles. The van der Waals surface area contributed by atoms with E-state index in [1.54, 1.807) is 4.90 Å². The summed E-state index contributed by atoms with van der Waals surface area (Å²) in [6, 6.07) is 0.565. The Kier molecular flexibility index (Phi) is 3.83. The third kappa shape index (κ3) is 2.61. The number of hydrogen-bond donors (Lipinski definition) is 1. The summed E-state index contributed by atoms with van der Waals surface area (Å²) in [6.07, 6.45) is 3.90. The van der Waals surface area contributed by atoms with Gasteiger partial charge in [0.2, 0.25) is 0 Å². The Bertz CT molecular complexity index is 401. The van der Waals surface area contributed by atoms with Crippen LogP contribution in [0.4, 0.5) is 4.79 Å². The van der Waals surface area contributed by atoms with Crippen LogP contribution in [0.5, 0.6) is 0 Å². The maximum Gasteiger partial charge on any atom is 0.320 e. The Hall–Kier alpha value is -1.30. The molecule has 6 heteroatoms. The predicted octanol–water partition coefficient (Wildman–Crippen LogP) is 0.683. The zero-order valence-corrected chi connectivity index (χ0v) is 11.8. The second-order valence-corrected chi connectivity index (χ2v) is 6.18. The molecule has 0 radical (unpaired) electrons. The number of hydrogen-bond acceptors (Lipinski definition) is 3. The summed E-state index contributed by atoms with van der Waals surface area (Å²) in [5.74, 6) is -1.16. The highest BCUT2D eigenvalue weighted by molar-refractivity contribution is 5.77. The lowest BCUT2D eigenvalue weighted by Crippen LogP contribution is -2.56. The number of fused-ring (bicyclic) bond motifs is 1. The number of rotatable bonds is 1. The van der Waals surface area contributed by atoms with Crippen LogP contribution >= 0.6 is 0 Å². The second-order valence-electron chi connectivity index (χ2n) is 6.18. The first-order valence-electron chi connectivity index (χ1n) is 7.66. The molecule has 0 saturated carbocycles. The van der Waals surface area contributed by atoms with Gasteiger partial charge >= 0.3 is 12.0 Å². The molecule has 20 heavy (non-hydrogen) atoms. The van der Waals surface area contributed by atoms with Crippen LogP contribution < -0.4 is 0 Å². The summed E-state index contributed by atoms with van der Waals surface area (Å²) >= 11 is 0. The van der Waals surface area contributed by atoms with Crippen LogP contribution in [0.3, 0.4) is 0 Å². The van der Waals surface area contributed by atoms with Gasteiger partial charge in [0, 0.05) is 38.8 Å². The molecule has 112 valence electrons. The molecule has 3 rings (SSSR count). The summed E-state index contributed by atoms with van der Waals surface area (Å²) in [4.78, 5) is 29.8. The van der Waals surface area contributed by atoms with Gasteiger partial charge in [-0.05, 0) is 32.2 Å². The van der Waals surface area contributed by atoms with Crippen molar-refractivity contribution in [1.29, 1.82) is 0 Å². The van der Waals surface area contributed by atoms with Gasteiger partial charge in [0.25, 0.3) is 0 Å². The van der Waals surface area contributed by atoms with E-state index >= 15 is 0 Å². The fourth-order valence-electron chi connectivity index (χ4n) is 3.72. The van der Waals surface area contributed by atoms with Gasteiger partial charge in [0.15, 0.2) is 0 Å². The van der Waals surface area contributed by atoms with Crippen molar-refractivity contribution in [3.8, 4) is 0 Å². The first-order valence-corrected chi connectivity index (χ1v) is 7.66. The van der Waals surface area contributed by atoms with Crippen molar-refractivity contribution < 1.29 is 14.7 Å². The SMILES string of the molecule is O=C(O)[C@H]1CCCN(C(=O)N2CCN3CCCC3C2)C1. The van der Waals surface area contributed by atoms with Crippen molar-refractivity contribution in [2.24, 2.45) is 5.92 Å². The number of carboxylic acids is 1. The van der Waals surface area contributed by atoms with Gasteiger partial charge in [-0.1, -0.05) is 0 Å². The number of urea groups is 1. The van der Waals surface area contributed by atoms with E-state index in [1.807, 2.05) is 4.90 Å². The summed E-state index contributed by atoms with van der Waals surface area (Å²) in [7, 11) is 0. The number of piperazine rings is 1. The molecule has 2 amide bonds. The fourth-order valence-corrected chi connectivity index (χ4v) is 3.72. The smallest absolute Gasteiger partial charge is 0.320 e. The van der Waals surface area contributed by atoms with Crippen LogP contribution in [-0.4, -0.2) is 77.1 Å². The zero-order chi connectivity index (χ0) is 14.1. The summed E-state index contributed by atoms with van der Waals surface area (Å²) < 4.78 is 0. The molecule has 0 aliphatic carbocycles. The first-order chi connectivity index (χ1) is 9.65. The van der Waals surface area contributed by atoms with Crippen LogP contribution in [0.2, 0.25) is 0 Å². The van der Waals surface area contributed by atoms with Crippen molar-refractivity contribution >= 4 is 12.0 Å². The quantitative estimate of drug-likeness (QED) is 0.768. The summed E-state index contributed by atoms with van der Waals surface area (Å²) in [6.45, 7) is 4.80. The zero-order valence-electron chi connectivity index (χ0n) is 11.8. The van der Waals surface area contributed by atoms with Crippen LogP contribution in [0, 0.1) is 5.92 Å². The van der Waals surface area contributed by atoms with E-state index in [0.717, 1.165) is 32.6 Å². The molecule has 1 unspecified atom stereocenters. The van der Waals surface area contributed by atoms with Gasteiger partial charge < -0.3 is 14.9 Å². The Morgan fingerprint density at radius 1 is 0.900 bits per heavy atom. The first kappa shape index (κ1) is 13.7. The molecule has 0 aromatic rings. The number of nitrogens with zero attached hydrogens (tertiary/aromatic N) is 3. The summed E-state index contributed by atoms with van der Waals surface area (Å²) in [5, 5.41) is 9.11. The van der Waals surface area contributed by atoms with Gasteiger partial charge in [-0.25, -0.2) is 4.79 Å². The van der Waals surface area contributed by atoms with Crippen molar-refractivity contribution in [2.45, 2.75) is 31.7 Å². The standard InChI is InChI=1S/C14H23N3O3/c18-13(19)11-3-1-6-16(9-11)14(20)17-8-7-15-5-2-4-12(15)10-17/h11-12H,1-10H2,(H,18,19)/t11-,12?/m0/s1. The van der Waals surface area contributed by atoms with Crippen molar-refractivity contribution in [1.82, 2.24) is 14.7 Å². The van der Waals surface area contributed by atoms with E-state index in [1.165, 1.54) is 12.8 Å². The normalized spacial score (nSPS) is 31.2. The highest BCUT2D eigenvalue weighted by atomic mass is 16.4. The highest BCUT2D eigenvalue weighted by Crippen LogP contribution is 2.23. The van der Waals surface area contributed by atoms with Gasteiger partial charge in [-0.15, -0.1) is 0 Å². The monoisotopic (exact) mass is 281 g/mol. The van der Waals surface area contributed by atoms with Crippen molar-refractivity contribution in [3.05, 3.63) is 0 Å². The molecule has 1 N–H and O–H groups in total. The minimum atomic E-state index is -0.775. The molecule has 0 spiro atoms. The molecule has 0 aromatic heterocycles. The molecule has 2 atom stereocenters. The predicted molar refractivity (Wildman–Crippen MR) is 73.5 cm³/mol. The average Bonchev–Trinajstić information content (AvgIpc) is 2.94. The van der Waals surface area contributed by atoms with Crippen LogP contribution in [0.1, 0.15) is 25.7 Å². The third-order valence-corrected chi connectivity index (χ3v) is 4.90. The van der Waals surface area contributed by atoms with Crippen LogP contribution in [0.15, 0.2) is 0 Å². The van der Waals surface area contributed by atoms with E-state index in [-0.39, 0.29) is 11.9 Å². The number of aliphatic carboxylic acids is 1. The lowest BCUT2D eigenvalue weighted by molar-refractivity contribution is -0.143. The maximum absolute atomic E-state index is 12.6. The molecule has 0 bridgehead atoms. The minimum absolute atomic E-state index is 0.0440. The number of piperidine rings is 1. The Morgan fingerprint density at radius 3 is 2.45 bits per heavy atom. The Labute approximate surface area is 119 Å². The second kappa shape index (κ2) is 5.60. The molecular formula is C14H23N3O3. The molecule has 6 nitrogen and oxygen atoms in total. The van der Waals surface area contributed by atoms with E-state index < -0.39 is 5.97 Å². The van der Waals surface area contributed by atoms with E-state index in [0.29, 0.717) is 25.6 Å². The van der Waals surface area contributed by atoms with Gasteiger partial charge in [0.05, 0.1) is 5.92 Å². The highest BCUT2D eigenvalue weighted by Gasteiger charge is 2.36. The summed E-state index contributed by atoms with van der Waals surface area (Å²) in [5.41, 5.74) is 0. The Balaban J connectivity index is 1.59. The Morgan fingerprint density at radius 2 is 1.65 bits per heavy atom. The van der Waals surface area contributed by atoms with Crippen molar-refractivity contribution in [3.63, 3.8) is 0 Å². The molecule has 3 fully saturated rings. The molecule has 3 heterocycles. The number of carboxylic acid groups (broad SMARTS) is 1. The number of amides is 2. The van der Waals surface area contributed by atoms with Crippen LogP contribution in [0.25, 0.3) is 0 Å². The van der Waals surface area contributed by atoms with Gasteiger partial charge in [-0.3, -0.25) is 9.69 Å². The topological polar surface area (TPSA) is 64.1 Å². The minimum Gasteiger partial charge on any atom is -0.481 e. The fraction of sp³-hybridized carbons (Fsp3) is 0.857. The van der Waals surface area contributed by atoms with Crippen molar-refractivity contribution in [2.75, 3.05) is 39.3 Å². The molecule has 3 aliphatic rings.